The van der Waals surface area contributed by atoms with Gasteiger partial charge < -0.3 is 19.6 Å². The molecule has 0 saturated carbocycles. The number of nitrogens with zero attached hydrogens (tertiary/aromatic N) is 4. The smallest absolute Gasteiger partial charge is 0.337 e. The van der Waals surface area contributed by atoms with Crippen molar-refractivity contribution in [3.8, 4) is 0 Å². The van der Waals surface area contributed by atoms with Gasteiger partial charge in [-0.25, -0.2) is 9.78 Å². The molecule has 0 bridgehead atoms. The van der Waals surface area contributed by atoms with Gasteiger partial charge in [0.15, 0.2) is 0 Å². The second-order valence-corrected chi connectivity index (χ2v) is 5.39. The van der Waals surface area contributed by atoms with E-state index in [-0.39, 0.29) is 18.0 Å². The number of hydrogen-bond donors (Lipinski definition) is 2. The van der Waals surface area contributed by atoms with Gasteiger partial charge in [-0.1, -0.05) is 0 Å². The van der Waals surface area contributed by atoms with Crippen molar-refractivity contribution in [2.75, 3.05) is 6.54 Å². The number of aromatic amines is 1. The summed E-state index contributed by atoms with van der Waals surface area (Å²) in [5, 5.41) is 9.24. The topological polar surface area (TPSA) is 104 Å². The van der Waals surface area contributed by atoms with Crippen molar-refractivity contribution in [3.05, 3.63) is 47.8 Å². The van der Waals surface area contributed by atoms with E-state index in [1.54, 1.807) is 23.4 Å². The lowest BCUT2D eigenvalue weighted by Gasteiger charge is -2.29. The first-order chi connectivity index (χ1) is 11.1. The van der Waals surface area contributed by atoms with Crippen LogP contribution in [0.3, 0.4) is 0 Å². The number of carboxylic acid groups (broad SMARTS) is 1. The molecule has 0 fully saturated rings. The van der Waals surface area contributed by atoms with Crippen LogP contribution in [0.2, 0.25) is 0 Å². The molecule has 3 aromatic heterocycles. The zero-order valence-electron chi connectivity index (χ0n) is 12.1. The molecule has 4 heterocycles. The minimum absolute atomic E-state index is 0.195. The standard InChI is InChI=1S/C15H13N5O3/c21-14(10-5-16-6-11-13(10)18-8-17-11)20-4-3-19-2-1-9(15(22)23)12(19)7-20/h1-2,5-6,8H,3-4,7H2,(H,17,18)(H,22,23). The van der Waals surface area contributed by atoms with Crippen molar-refractivity contribution in [1.82, 2.24) is 24.4 Å². The third-order valence-electron chi connectivity index (χ3n) is 4.11. The summed E-state index contributed by atoms with van der Waals surface area (Å²) < 4.78 is 1.88. The third-order valence-corrected chi connectivity index (χ3v) is 4.11. The van der Waals surface area contributed by atoms with Gasteiger partial charge in [-0.05, 0) is 6.07 Å². The Bertz CT molecular complexity index is 926. The average Bonchev–Trinajstić information content (AvgIpc) is 3.19. The molecule has 8 heteroatoms. The number of aromatic nitrogens is 4. The monoisotopic (exact) mass is 311 g/mol. The number of nitrogens with one attached hydrogen (secondary N) is 1. The van der Waals surface area contributed by atoms with E-state index in [9.17, 15) is 14.7 Å². The molecule has 3 aromatic rings. The second-order valence-electron chi connectivity index (χ2n) is 5.39. The van der Waals surface area contributed by atoms with Crippen LogP contribution >= 0.6 is 0 Å². The lowest BCUT2D eigenvalue weighted by Crippen LogP contribution is -2.38. The number of H-pyrrole nitrogens is 1. The summed E-state index contributed by atoms with van der Waals surface area (Å²) in [6.45, 7) is 1.34. The summed E-state index contributed by atoms with van der Waals surface area (Å²) in [4.78, 5) is 36.9. The Morgan fingerprint density at radius 1 is 1.22 bits per heavy atom. The molecule has 4 rings (SSSR count). The van der Waals surface area contributed by atoms with E-state index < -0.39 is 5.97 Å². The molecule has 1 aliphatic rings. The van der Waals surface area contributed by atoms with Gasteiger partial charge in [-0.15, -0.1) is 0 Å². The van der Waals surface area contributed by atoms with Crippen molar-refractivity contribution in [1.29, 1.82) is 0 Å². The Hall–Kier alpha value is -3.16. The van der Waals surface area contributed by atoms with E-state index in [2.05, 4.69) is 15.0 Å². The molecule has 1 aliphatic heterocycles. The molecular formula is C15H13N5O3. The fourth-order valence-corrected chi connectivity index (χ4v) is 2.94. The molecule has 1 amide bonds. The summed E-state index contributed by atoms with van der Waals surface area (Å²) in [6.07, 6.45) is 6.38. The van der Waals surface area contributed by atoms with Crippen molar-refractivity contribution in [2.45, 2.75) is 13.1 Å². The summed E-state index contributed by atoms with van der Waals surface area (Å²) in [5.74, 6) is -1.18. The Labute approximate surface area is 130 Å². The molecule has 0 spiro atoms. The van der Waals surface area contributed by atoms with Crippen LogP contribution in [-0.2, 0) is 13.1 Å². The number of amides is 1. The first-order valence-corrected chi connectivity index (χ1v) is 7.13. The van der Waals surface area contributed by atoms with Crippen LogP contribution in [0.15, 0.2) is 31.0 Å². The molecule has 0 aromatic carbocycles. The van der Waals surface area contributed by atoms with Gasteiger partial charge >= 0.3 is 5.97 Å². The number of carboxylic acids is 1. The minimum atomic E-state index is -0.982. The maximum absolute atomic E-state index is 12.8. The van der Waals surface area contributed by atoms with E-state index in [0.29, 0.717) is 35.4 Å². The number of carbonyl (C=O) groups is 2. The Kier molecular flexibility index (Phi) is 2.90. The van der Waals surface area contributed by atoms with Gasteiger partial charge in [-0.3, -0.25) is 9.78 Å². The van der Waals surface area contributed by atoms with Crippen LogP contribution in [0.4, 0.5) is 0 Å². The quantitative estimate of drug-likeness (QED) is 0.738. The van der Waals surface area contributed by atoms with Crippen LogP contribution in [0, 0.1) is 0 Å². The molecule has 0 saturated heterocycles. The number of rotatable bonds is 2. The first-order valence-electron chi connectivity index (χ1n) is 7.13. The lowest BCUT2D eigenvalue weighted by atomic mass is 10.1. The minimum Gasteiger partial charge on any atom is -0.478 e. The fraction of sp³-hybridized carbons (Fsp3) is 0.200. The Morgan fingerprint density at radius 3 is 2.91 bits per heavy atom. The zero-order chi connectivity index (χ0) is 16.0. The summed E-state index contributed by atoms with van der Waals surface area (Å²) in [5.41, 5.74) is 2.56. The fourth-order valence-electron chi connectivity index (χ4n) is 2.94. The van der Waals surface area contributed by atoms with Gasteiger partial charge in [0.2, 0.25) is 0 Å². The van der Waals surface area contributed by atoms with Gasteiger partial charge in [-0.2, -0.15) is 0 Å². The number of imidazole rings is 1. The van der Waals surface area contributed by atoms with E-state index in [1.165, 1.54) is 12.5 Å². The normalized spacial score (nSPS) is 14.0. The van der Waals surface area contributed by atoms with Crippen molar-refractivity contribution in [2.24, 2.45) is 0 Å². The van der Waals surface area contributed by atoms with E-state index in [0.717, 1.165) is 0 Å². The van der Waals surface area contributed by atoms with Gasteiger partial charge in [0.05, 0.1) is 41.4 Å². The molecule has 0 aliphatic carbocycles. The van der Waals surface area contributed by atoms with Gasteiger partial charge in [0.25, 0.3) is 5.91 Å². The highest BCUT2D eigenvalue weighted by Gasteiger charge is 2.27. The molecule has 2 N–H and O–H groups in total. The van der Waals surface area contributed by atoms with Crippen LogP contribution in [0.5, 0.6) is 0 Å². The highest BCUT2D eigenvalue weighted by atomic mass is 16.4. The maximum Gasteiger partial charge on any atom is 0.337 e. The predicted octanol–water partition coefficient (Wildman–Crippen LogP) is 1.11. The van der Waals surface area contributed by atoms with E-state index in [1.807, 2.05) is 4.57 Å². The molecule has 0 atom stereocenters. The summed E-state index contributed by atoms with van der Waals surface area (Å²) in [6, 6.07) is 1.57. The van der Waals surface area contributed by atoms with Crippen LogP contribution in [0.1, 0.15) is 26.4 Å². The van der Waals surface area contributed by atoms with Crippen molar-refractivity contribution in [3.63, 3.8) is 0 Å². The Balaban J connectivity index is 1.69. The second kappa shape index (κ2) is 4.94. The van der Waals surface area contributed by atoms with Crippen LogP contribution in [-0.4, -0.2) is 47.9 Å². The highest BCUT2D eigenvalue weighted by molar-refractivity contribution is 6.04. The predicted molar refractivity (Wildman–Crippen MR) is 80.0 cm³/mol. The van der Waals surface area contributed by atoms with E-state index >= 15 is 0 Å². The SMILES string of the molecule is O=C(O)c1ccn2c1CN(C(=O)c1cncc3[nH]cnc13)CC2. The molecule has 8 nitrogen and oxygen atoms in total. The Morgan fingerprint density at radius 2 is 2.09 bits per heavy atom. The van der Waals surface area contributed by atoms with Crippen molar-refractivity contribution < 1.29 is 14.7 Å². The third kappa shape index (κ3) is 2.07. The first kappa shape index (κ1) is 13.5. The van der Waals surface area contributed by atoms with Crippen LogP contribution in [0.25, 0.3) is 11.0 Å². The number of aromatic carboxylic acids is 1. The number of hydrogen-bond acceptors (Lipinski definition) is 4. The van der Waals surface area contributed by atoms with Crippen molar-refractivity contribution >= 4 is 22.9 Å². The number of pyridine rings is 1. The largest absolute Gasteiger partial charge is 0.478 e. The average molecular weight is 311 g/mol. The molecule has 0 unspecified atom stereocenters. The number of carbonyl (C=O) groups excluding carboxylic acids is 1. The molecule has 23 heavy (non-hydrogen) atoms. The number of fused-ring (bicyclic) bond motifs is 2. The molecule has 116 valence electrons. The molecular weight excluding hydrogens is 298 g/mol. The summed E-state index contributed by atoms with van der Waals surface area (Å²) >= 11 is 0. The summed E-state index contributed by atoms with van der Waals surface area (Å²) in [7, 11) is 0. The zero-order valence-corrected chi connectivity index (χ0v) is 12.1. The molecule has 0 radical (unpaired) electrons. The highest BCUT2D eigenvalue weighted by Crippen LogP contribution is 2.22. The maximum atomic E-state index is 12.8. The van der Waals surface area contributed by atoms with Gasteiger partial charge in [0, 0.05) is 25.5 Å². The van der Waals surface area contributed by atoms with E-state index in [4.69, 9.17) is 0 Å². The lowest BCUT2D eigenvalue weighted by molar-refractivity contribution is 0.0668. The van der Waals surface area contributed by atoms with Crippen LogP contribution < -0.4 is 0 Å². The van der Waals surface area contributed by atoms with Gasteiger partial charge in [0.1, 0.15) is 5.52 Å².